The largest absolute Gasteiger partial charge is 0.318 e. The van der Waals surface area contributed by atoms with Crippen molar-refractivity contribution < 1.29 is 9.59 Å². The first-order valence-electron chi connectivity index (χ1n) is 4.37. The second kappa shape index (κ2) is 2.60. The second-order valence-electron chi connectivity index (χ2n) is 3.24. The minimum atomic E-state index is -0.589. The molecule has 0 radical (unpaired) electrons. The van der Waals surface area contributed by atoms with E-state index in [4.69, 9.17) is 0 Å². The van der Waals surface area contributed by atoms with Crippen LogP contribution in [0.25, 0.3) is 10.9 Å². The topological polar surface area (TPSA) is 72.0 Å². The predicted molar refractivity (Wildman–Crippen MR) is 52.5 cm³/mol. The number of carbonyl (C=O) groups is 2. The van der Waals surface area contributed by atoms with Crippen LogP contribution in [0.4, 0.5) is 5.69 Å². The Balaban J connectivity index is 2.43. The fourth-order valence-electron chi connectivity index (χ4n) is 1.68. The van der Waals surface area contributed by atoms with Gasteiger partial charge in [0, 0.05) is 5.39 Å². The van der Waals surface area contributed by atoms with Gasteiger partial charge in [-0.05, 0) is 18.2 Å². The summed E-state index contributed by atoms with van der Waals surface area (Å²) in [7, 11) is 0. The van der Waals surface area contributed by atoms with Crippen molar-refractivity contribution in [1.82, 2.24) is 10.2 Å². The molecule has 5 heteroatoms. The Bertz CT molecular complexity index is 607. The summed E-state index contributed by atoms with van der Waals surface area (Å²) in [6.45, 7) is 0. The Morgan fingerprint density at radius 2 is 2.00 bits per heavy atom. The number of carbonyl (C=O) groups excluding carboxylic acids is 2. The Kier molecular flexibility index (Phi) is 1.39. The molecule has 2 heterocycles. The van der Waals surface area contributed by atoms with E-state index in [2.05, 4.69) is 15.5 Å². The number of hydrogen-bond donors (Lipinski definition) is 1. The fraction of sp³-hybridized carbons (Fsp3) is 0. The van der Waals surface area contributed by atoms with Crippen LogP contribution in [0.2, 0.25) is 0 Å². The fourth-order valence-corrected chi connectivity index (χ4v) is 1.68. The molecule has 1 aliphatic heterocycles. The van der Waals surface area contributed by atoms with Crippen molar-refractivity contribution in [3.8, 4) is 0 Å². The molecule has 1 aliphatic rings. The van der Waals surface area contributed by atoms with Crippen molar-refractivity contribution in [3.63, 3.8) is 0 Å². The molecule has 5 nitrogen and oxygen atoms in total. The van der Waals surface area contributed by atoms with Crippen LogP contribution in [-0.2, 0) is 4.79 Å². The lowest BCUT2D eigenvalue weighted by Gasteiger charge is -2.01. The molecule has 0 atom stereocenters. The van der Waals surface area contributed by atoms with Crippen LogP contribution < -0.4 is 5.32 Å². The Morgan fingerprint density at radius 1 is 1.13 bits per heavy atom. The molecular formula is C10H5N3O2. The van der Waals surface area contributed by atoms with E-state index in [9.17, 15) is 9.59 Å². The van der Waals surface area contributed by atoms with Gasteiger partial charge in [0.25, 0.3) is 11.7 Å². The van der Waals surface area contributed by atoms with E-state index in [0.717, 1.165) is 5.39 Å². The number of amides is 1. The molecule has 0 aliphatic carbocycles. The van der Waals surface area contributed by atoms with Crippen LogP contribution in [0.15, 0.2) is 24.4 Å². The van der Waals surface area contributed by atoms with Gasteiger partial charge in [-0.15, -0.1) is 0 Å². The van der Waals surface area contributed by atoms with Crippen LogP contribution in [0.5, 0.6) is 0 Å². The maximum Gasteiger partial charge on any atom is 0.296 e. The standard InChI is InChI=1S/C10H5N3O2/c14-9-6-1-2-7-5(3-4-11-13-7)8(6)12-10(9)15/h1-4H,(H,12,14,15). The minimum absolute atomic E-state index is 0.403. The maximum absolute atomic E-state index is 11.4. The first kappa shape index (κ1) is 8.05. The lowest BCUT2D eigenvalue weighted by Crippen LogP contribution is -2.12. The van der Waals surface area contributed by atoms with Crippen LogP contribution in [0, 0.1) is 0 Å². The monoisotopic (exact) mass is 199 g/mol. The Hall–Kier alpha value is -2.30. The zero-order valence-corrected chi connectivity index (χ0v) is 7.52. The molecule has 1 aromatic carbocycles. The van der Waals surface area contributed by atoms with E-state index >= 15 is 0 Å². The number of benzene rings is 1. The van der Waals surface area contributed by atoms with E-state index in [1.165, 1.54) is 6.20 Å². The van der Waals surface area contributed by atoms with Gasteiger partial charge >= 0.3 is 0 Å². The van der Waals surface area contributed by atoms with Gasteiger partial charge in [-0.3, -0.25) is 9.59 Å². The predicted octanol–water partition coefficient (Wildman–Crippen LogP) is 0.765. The molecule has 72 valence electrons. The maximum atomic E-state index is 11.4. The van der Waals surface area contributed by atoms with Gasteiger partial charge in [0.15, 0.2) is 0 Å². The third-order valence-electron chi connectivity index (χ3n) is 2.39. The molecule has 1 aromatic heterocycles. The van der Waals surface area contributed by atoms with Gasteiger partial charge < -0.3 is 5.32 Å². The highest BCUT2D eigenvalue weighted by molar-refractivity contribution is 6.52. The van der Waals surface area contributed by atoms with Crippen LogP contribution >= 0.6 is 0 Å². The minimum Gasteiger partial charge on any atom is -0.318 e. The van der Waals surface area contributed by atoms with E-state index in [-0.39, 0.29) is 0 Å². The molecule has 3 rings (SSSR count). The van der Waals surface area contributed by atoms with E-state index in [1.54, 1.807) is 18.2 Å². The molecule has 0 bridgehead atoms. The van der Waals surface area contributed by atoms with Crippen molar-refractivity contribution in [1.29, 1.82) is 0 Å². The average Bonchev–Trinajstić information content (AvgIpc) is 2.56. The van der Waals surface area contributed by atoms with E-state index in [1.807, 2.05) is 0 Å². The van der Waals surface area contributed by atoms with Gasteiger partial charge in [-0.25, -0.2) is 0 Å². The number of hydrogen-bond acceptors (Lipinski definition) is 4. The molecule has 0 saturated carbocycles. The Morgan fingerprint density at radius 3 is 2.87 bits per heavy atom. The highest BCUT2D eigenvalue weighted by Gasteiger charge is 2.29. The van der Waals surface area contributed by atoms with E-state index < -0.39 is 11.7 Å². The third-order valence-corrected chi connectivity index (χ3v) is 2.39. The first-order chi connectivity index (χ1) is 7.27. The molecular weight excluding hydrogens is 194 g/mol. The molecule has 1 N–H and O–H groups in total. The molecule has 1 amide bonds. The molecule has 0 fully saturated rings. The summed E-state index contributed by atoms with van der Waals surface area (Å²) >= 11 is 0. The number of aromatic nitrogens is 2. The zero-order chi connectivity index (χ0) is 10.4. The SMILES string of the molecule is O=C1Nc2c(ccc3nnccc23)C1=O. The number of nitrogens with one attached hydrogen (secondary N) is 1. The highest BCUT2D eigenvalue weighted by Crippen LogP contribution is 2.30. The smallest absolute Gasteiger partial charge is 0.296 e. The summed E-state index contributed by atoms with van der Waals surface area (Å²) in [5.74, 6) is -1.09. The van der Waals surface area contributed by atoms with Crippen LogP contribution in [0.3, 0.4) is 0 Å². The van der Waals surface area contributed by atoms with Crippen LogP contribution in [-0.4, -0.2) is 21.9 Å². The molecule has 15 heavy (non-hydrogen) atoms. The number of rotatable bonds is 0. The first-order valence-corrected chi connectivity index (χ1v) is 4.37. The van der Waals surface area contributed by atoms with Gasteiger partial charge in [-0.2, -0.15) is 10.2 Å². The second-order valence-corrected chi connectivity index (χ2v) is 3.24. The number of anilines is 1. The average molecular weight is 199 g/mol. The van der Waals surface area contributed by atoms with Crippen molar-refractivity contribution in [3.05, 3.63) is 30.0 Å². The number of nitrogens with zero attached hydrogens (tertiary/aromatic N) is 2. The summed E-state index contributed by atoms with van der Waals surface area (Å²) < 4.78 is 0. The normalized spacial score (nSPS) is 14.1. The molecule has 0 unspecified atom stereocenters. The van der Waals surface area contributed by atoms with Crippen LogP contribution in [0.1, 0.15) is 10.4 Å². The summed E-state index contributed by atoms with van der Waals surface area (Å²) in [6.07, 6.45) is 1.53. The van der Waals surface area contributed by atoms with E-state index in [0.29, 0.717) is 16.8 Å². The lowest BCUT2D eigenvalue weighted by molar-refractivity contribution is -0.112. The van der Waals surface area contributed by atoms with Crippen molar-refractivity contribution >= 4 is 28.3 Å². The van der Waals surface area contributed by atoms with Gasteiger partial charge in [0.05, 0.1) is 23.0 Å². The van der Waals surface area contributed by atoms with Gasteiger partial charge in [-0.1, -0.05) is 0 Å². The van der Waals surface area contributed by atoms with Crippen molar-refractivity contribution in [2.24, 2.45) is 0 Å². The quantitative estimate of drug-likeness (QED) is 0.636. The number of Topliss-reactive ketones (excluding diaryl/α,β-unsaturated/α-hetero) is 1. The summed E-state index contributed by atoms with van der Waals surface area (Å²) in [5, 5.41) is 10.9. The molecule has 0 saturated heterocycles. The van der Waals surface area contributed by atoms with Crippen molar-refractivity contribution in [2.75, 3.05) is 5.32 Å². The number of fused-ring (bicyclic) bond motifs is 3. The number of ketones is 1. The Labute approximate surface area is 84.1 Å². The molecule has 2 aromatic rings. The summed E-state index contributed by atoms with van der Waals surface area (Å²) in [6, 6.07) is 4.99. The van der Waals surface area contributed by atoms with Crippen molar-refractivity contribution in [2.45, 2.75) is 0 Å². The summed E-state index contributed by atoms with van der Waals surface area (Å²) in [4.78, 5) is 22.6. The zero-order valence-electron chi connectivity index (χ0n) is 7.52. The van der Waals surface area contributed by atoms with Gasteiger partial charge in [0.1, 0.15) is 0 Å². The molecule has 0 spiro atoms. The third kappa shape index (κ3) is 0.969. The lowest BCUT2D eigenvalue weighted by atomic mass is 10.1. The highest BCUT2D eigenvalue weighted by atomic mass is 16.2. The summed E-state index contributed by atoms with van der Waals surface area (Å²) in [5.41, 5.74) is 1.60. The van der Waals surface area contributed by atoms with Gasteiger partial charge in [0.2, 0.25) is 0 Å².